The Morgan fingerprint density at radius 1 is 1.38 bits per heavy atom. The van der Waals surface area contributed by atoms with Gasteiger partial charge in [0.25, 0.3) is 0 Å². The highest BCUT2D eigenvalue weighted by Gasteiger charge is 2.08. The largest absolute Gasteiger partial charge is 0.360 e. The van der Waals surface area contributed by atoms with Gasteiger partial charge in [-0.25, -0.2) is 0 Å². The van der Waals surface area contributed by atoms with Gasteiger partial charge in [-0.1, -0.05) is 0 Å². The molecule has 0 fully saturated rings. The number of nitriles is 1. The van der Waals surface area contributed by atoms with Crippen molar-refractivity contribution in [1.82, 2.24) is 20.6 Å². The van der Waals surface area contributed by atoms with E-state index in [1.165, 1.54) is 0 Å². The van der Waals surface area contributed by atoms with E-state index in [0.717, 1.165) is 16.8 Å². The Hall–Kier alpha value is -2.94. The minimum absolute atomic E-state index is 0.224. The maximum Gasteiger partial charge on any atom is 0.188 e. The molecule has 6 nitrogen and oxygen atoms in total. The van der Waals surface area contributed by atoms with E-state index in [1.807, 2.05) is 19.1 Å². The molecule has 2 aromatic rings. The van der Waals surface area contributed by atoms with Gasteiger partial charge in [-0.2, -0.15) is 5.26 Å². The van der Waals surface area contributed by atoms with Crippen LogP contribution in [-0.4, -0.2) is 23.0 Å². The monoisotopic (exact) mass is 280 g/mol. The van der Waals surface area contributed by atoms with Crippen LogP contribution >= 0.6 is 0 Å². The van der Waals surface area contributed by atoms with Crippen molar-refractivity contribution in [3.8, 4) is 17.3 Å². The second-order valence-electron chi connectivity index (χ2n) is 4.52. The summed E-state index contributed by atoms with van der Waals surface area (Å²) >= 11 is 0. The minimum Gasteiger partial charge on any atom is -0.360 e. The second kappa shape index (κ2) is 6.48. The van der Waals surface area contributed by atoms with Gasteiger partial charge in [-0.15, -0.1) is 0 Å². The van der Waals surface area contributed by atoms with Crippen LogP contribution in [0.4, 0.5) is 0 Å². The van der Waals surface area contributed by atoms with Crippen LogP contribution in [0.2, 0.25) is 0 Å². The van der Waals surface area contributed by atoms with E-state index in [0.29, 0.717) is 17.8 Å². The Morgan fingerprint density at radius 3 is 2.86 bits per heavy atom. The Bertz CT molecular complexity index is 702. The maximum atomic E-state index is 9.32. The third-order valence-corrected chi connectivity index (χ3v) is 2.95. The molecular weight excluding hydrogens is 264 g/mol. The van der Waals surface area contributed by atoms with Gasteiger partial charge in [-0.05, 0) is 30.7 Å². The number of guanidine groups is 1. The Kier molecular flexibility index (Phi) is 4.46. The molecule has 0 saturated carbocycles. The predicted molar refractivity (Wildman–Crippen MR) is 80.5 cm³/mol. The van der Waals surface area contributed by atoms with Gasteiger partial charge in [0.05, 0.1) is 11.3 Å². The Morgan fingerprint density at radius 2 is 2.19 bits per heavy atom. The van der Waals surface area contributed by atoms with Gasteiger partial charge in [0, 0.05) is 37.2 Å². The summed E-state index contributed by atoms with van der Waals surface area (Å²) in [6, 6.07) is 7.70. The number of nitrogens with one attached hydrogen (secondary N) is 3. The second-order valence-corrected chi connectivity index (χ2v) is 4.52. The molecule has 2 aromatic heterocycles. The molecule has 6 heteroatoms. The van der Waals surface area contributed by atoms with Crippen LogP contribution in [0.25, 0.3) is 11.3 Å². The number of hydrogen-bond donors (Lipinski definition) is 3. The average Bonchev–Trinajstić information content (AvgIpc) is 2.52. The molecule has 3 N–H and O–H groups in total. The first kappa shape index (κ1) is 14.5. The molecule has 106 valence electrons. The molecule has 2 rings (SSSR count). The predicted octanol–water partition coefficient (Wildman–Crippen LogP) is 1.57. The summed E-state index contributed by atoms with van der Waals surface area (Å²) in [6.45, 7) is 2.34. The van der Waals surface area contributed by atoms with Gasteiger partial charge >= 0.3 is 0 Å². The Balaban J connectivity index is 2.29. The van der Waals surface area contributed by atoms with Crippen LogP contribution in [0.15, 0.2) is 30.6 Å². The Labute approximate surface area is 123 Å². The summed E-state index contributed by atoms with van der Waals surface area (Å²) in [5.41, 5.74) is 3.76. The molecule has 0 radical (unpaired) electrons. The van der Waals surface area contributed by atoms with E-state index >= 15 is 0 Å². The van der Waals surface area contributed by atoms with Crippen molar-refractivity contribution in [2.24, 2.45) is 0 Å². The zero-order valence-electron chi connectivity index (χ0n) is 11.9. The molecule has 0 amide bonds. The van der Waals surface area contributed by atoms with Crippen LogP contribution < -0.4 is 10.6 Å². The third kappa shape index (κ3) is 3.54. The fourth-order valence-corrected chi connectivity index (χ4v) is 1.89. The smallest absolute Gasteiger partial charge is 0.188 e. The molecule has 21 heavy (non-hydrogen) atoms. The van der Waals surface area contributed by atoms with Gasteiger partial charge in [0.2, 0.25) is 0 Å². The lowest BCUT2D eigenvalue weighted by Crippen LogP contribution is -2.33. The number of rotatable bonds is 3. The van der Waals surface area contributed by atoms with Gasteiger partial charge in [0.15, 0.2) is 5.96 Å². The highest BCUT2D eigenvalue weighted by molar-refractivity contribution is 5.76. The number of aromatic nitrogens is 2. The number of hydrogen-bond acceptors (Lipinski definition) is 4. The average molecular weight is 280 g/mol. The van der Waals surface area contributed by atoms with Crippen molar-refractivity contribution in [1.29, 1.82) is 10.7 Å². The van der Waals surface area contributed by atoms with Crippen LogP contribution in [0, 0.1) is 23.7 Å². The van der Waals surface area contributed by atoms with E-state index in [1.54, 1.807) is 25.5 Å². The maximum absolute atomic E-state index is 9.32. The summed E-state index contributed by atoms with van der Waals surface area (Å²) < 4.78 is 0. The topological polar surface area (TPSA) is 97.5 Å². The van der Waals surface area contributed by atoms with Gasteiger partial charge in [-0.3, -0.25) is 15.4 Å². The summed E-state index contributed by atoms with van der Waals surface area (Å²) in [4.78, 5) is 8.53. The number of nitrogens with zero attached hydrogens (tertiary/aromatic N) is 3. The lowest BCUT2D eigenvalue weighted by molar-refractivity contribution is 0.856. The first-order valence-electron chi connectivity index (χ1n) is 6.46. The highest BCUT2D eigenvalue weighted by atomic mass is 15.1. The normalized spacial score (nSPS) is 9.76. The standard InChI is InChI=1S/C15H16N6/c1-10-5-12(3-4-19-10)14-13(7-16)6-11(8-20-14)9-21-15(17)18-2/h3-6,8H,9H2,1-2H3,(H3,17,18,21). The molecule has 0 unspecified atom stereocenters. The van der Waals surface area contributed by atoms with E-state index in [2.05, 4.69) is 26.7 Å². The molecule has 0 atom stereocenters. The molecule has 0 aliphatic heterocycles. The zero-order valence-corrected chi connectivity index (χ0v) is 11.9. The van der Waals surface area contributed by atoms with Crippen LogP contribution in [0.3, 0.4) is 0 Å². The minimum atomic E-state index is 0.224. The van der Waals surface area contributed by atoms with Gasteiger partial charge in [0.1, 0.15) is 6.07 Å². The van der Waals surface area contributed by atoms with E-state index < -0.39 is 0 Å². The van der Waals surface area contributed by atoms with Gasteiger partial charge < -0.3 is 10.6 Å². The fourth-order valence-electron chi connectivity index (χ4n) is 1.89. The quantitative estimate of drug-likeness (QED) is 0.585. The van der Waals surface area contributed by atoms with Crippen molar-refractivity contribution in [3.63, 3.8) is 0 Å². The molecule has 0 saturated heterocycles. The molecule has 0 spiro atoms. The zero-order chi connectivity index (χ0) is 15.2. The van der Waals surface area contributed by atoms with E-state index in [-0.39, 0.29) is 5.96 Å². The van der Waals surface area contributed by atoms with Crippen LogP contribution in [0.5, 0.6) is 0 Å². The van der Waals surface area contributed by atoms with Crippen LogP contribution in [-0.2, 0) is 6.54 Å². The first-order chi connectivity index (χ1) is 10.1. The molecule has 0 aliphatic carbocycles. The van der Waals surface area contributed by atoms with E-state index in [4.69, 9.17) is 5.41 Å². The first-order valence-corrected chi connectivity index (χ1v) is 6.46. The molecule has 0 aromatic carbocycles. The highest BCUT2D eigenvalue weighted by Crippen LogP contribution is 2.21. The third-order valence-electron chi connectivity index (χ3n) is 2.95. The molecule has 0 bridgehead atoms. The van der Waals surface area contributed by atoms with Crippen LogP contribution in [0.1, 0.15) is 16.8 Å². The van der Waals surface area contributed by atoms with E-state index in [9.17, 15) is 5.26 Å². The van der Waals surface area contributed by atoms with Crippen molar-refractivity contribution >= 4 is 5.96 Å². The number of aryl methyl sites for hydroxylation is 1. The summed E-state index contributed by atoms with van der Waals surface area (Å²) in [7, 11) is 1.67. The summed E-state index contributed by atoms with van der Waals surface area (Å²) in [6.07, 6.45) is 3.42. The van der Waals surface area contributed by atoms with Crippen molar-refractivity contribution < 1.29 is 0 Å². The summed E-state index contributed by atoms with van der Waals surface area (Å²) in [5.74, 6) is 0.224. The van der Waals surface area contributed by atoms with Crippen molar-refractivity contribution in [2.75, 3.05) is 7.05 Å². The molecule has 2 heterocycles. The fraction of sp³-hybridized carbons (Fsp3) is 0.200. The lowest BCUT2D eigenvalue weighted by Gasteiger charge is -2.09. The SMILES string of the molecule is CNC(=N)NCc1cnc(-c2ccnc(C)c2)c(C#N)c1. The number of pyridine rings is 2. The summed E-state index contributed by atoms with van der Waals surface area (Å²) in [5, 5.41) is 22.4. The van der Waals surface area contributed by atoms with Crippen molar-refractivity contribution in [3.05, 3.63) is 47.4 Å². The molecule has 0 aliphatic rings. The van der Waals surface area contributed by atoms with Crippen molar-refractivity contribution in [2.45, 2.75) is 13.5 Å². The molecular formula is C15H16N6. The lowest BCUT2D eigenvalue weighted by atomic mass is 10.1.